The first kappa shape index (κ1) is 25.9. The van der Waals surface area contributed by atoms with Crippen molar-refractivity contribution in [3.05, 3.63) is 0 Å². The Morgan fingerprint density at radius 2 is 0.963 bits per heavy atom. The minimum Gasteiger partial charge on any atom is -0.465 e. The molecule has 0 aliphatic rings. The number of carbonyl (C=O) groups excluding carboxylic acids is 2. The van der Waals surface area contributed by atoms with Crippen LogP contribution in [0, 0.1) is 28.1 Å². The van der Waals surface area contributed by atoms with E-state index in [1.54, 1.807) is 0 Å². The molecule has 0 saturated carbocycles. The molecule has 0 aliphatic heterocycles. The van der Waals surface area contributed by atoms with Gasteiger partial charge in [0, 0.05) is 18.3 Å². The highest BCUT2D eigenvalue weighted by Crippen LogP contribution is 2.27. The maximum Gasteiger partial charge on any atom is 0.306 e. The summed E-state index contributed by atoms with van der Waals surface area (Å²) in [5.41, 5.74) is 0.0282. The summed E-state index contributed by atoms with van der Waals surface area (Å²) in [6, 6.07) is 0. The topological polar surface area (TPSA) is 52.6 Å². The molecule has 4 nitrogen and oxygen atoms in total. The molecule has 27 heavy (non-hydrogen) atoms. The zero-order chi connectivity index (χ0) is 21.5. The van der Waals surface area contributed by atoms with E-state index in [1.807, 2.05) is 13.8 Å². The fourth-order valence-corrected chi connectivity index (χ4v) is 3.52. The molecule has 160 valence electrons. The molecule has 2 unspecified atom stereocenters. The molecule has 0 aromatic heterocycles. The Balaban J connectivity index is 4.22. The van der Waals surface area contributed by atoms with Crippen LogP contribution in [0.4, 0.5) is 0 Å². The van der Waals surface area contributed by atoms with E-state index < -0.39 is 0 Å². The molecule has 0 aliphatic carbocycles. The van der Waals surface area contributed by atoms with Gasteiger partial charge in [0.2, 0.25) is 0 Å². The van der Waals surface area contributed by atoms with Crippen molar-refractivity contribution in [2.75, 3.05) is 13.2 Å². The van der Waals surface area contributed by atoms with Crippen LogP contribution in [0.15, 0.2) is 0 Å². The van der Waals surface area contributed by atoms with Gasteiger partial charge in [0.05, 0.1) is 13.2 Å². The molecule has 0 aromatic carbocycles. The standard InChI is InChI=1S/C23H44O4/c1-17(13-21(3,4)5)11-19(24)26-15-23(9,10)16-27-20(25)12-18(2)14-22(6,7)8/h17-18H,11-16H2,1-10H3. The lowest BCUT2D eigenvalue weighted by atomic mass is 9.84. The van der Waals surface area contributed by atoms with E-state index in [4.69, 9.17) is 9.47 Å². The van der Waals surface area contributed by atoms with Crippen LogP contribution in [0.2, 0.25) is 0 Å². The minimum atomic E-state index is -0.383. The zero-order valence-electron chi connectivity index (χ0n) is 19.5. The van der Waals surface area contributed by atoms with Gasteiger partial charge in [-0.2, -0.15) is 0 Å². The third kappa shape index (κ3) is 15.7. The first-order chi connectivity index (χ1) is 12.0. The van der Waals surface area contributed by atoms with Gasteiger partial charge in [-0.3, -0.25) is 9.59 Å². The second-order valence-electron chi connectivity index (χ2n) is 11.6. The van der Waals surface area contributed by atoms with Crippen molar-refractivity contribution >= 4 is 11.9 Å². The lowest BCUT2D eigenvalue weighted by Crippen LogP contribution is -2.29. The van der Waals surface area contributed by atoms with Crippen molar-refractivity contribution < 1.29 is 19.1 Å². The highest BCUT2D eigenvalue weighted by Gasteiger charge is 2.25. The average Bonchev–Trinajstić information content (AvgIpc) is 2.39. The number of ether oxygens (including phenoxy) is 2. The molecule has 4 heteroatoms. The lowest BCUT2D eigenvalue weighted by molar-refractivity contribution is -0.153. The summed E-state index contributed by atoms with van der Waals surface area (Å²) in [4.78, 5) is 24.1. The van der Waals surface area contributed by atoms with Crippen LogP contribution in [0.1, 0.15) is 94.9 Å². The Hall–Kier alpha value is -1.06. The molecule has 0 fully saturated rings. The van der Waals surface area contributed by atoms with Crippen molar-refractivity contribution in [1.82, 2.24) is 0 Å². The third-order valence-corrected chi connectivity index (χ3v) is 4.20. The van der Waals surface area contributed by atoms with Crippen LogP contribution in [-0.4, -0.2) is 25.2 Å². The lowest BCUT2D eigenvalue weighted by Gasteiger charge is -2.26. The first-order valence-electron chi connectivity index (χ1n) is 10.3. The number of rotatable bonds is 10. The van der Waals surface area contributed by atoms with E-state index in [0.29, 0.717) is 24.7 Å². The van der Waals surface area contributed by atoms with E-state index in [9.17, 15) is 9.59 Å². The normalized spacial score (nSPS) is 15.2. The summed E-state index contributed by atoms with van der Waals surface area (Å²) in [5.74, 6) is 0.236. The molecule has 0 amide bonds. The van der Waals surface area contributed by atoms with Crippen LogP contribution in [-0.2, 0) is 19.1 Å². The highest BCUT2D eigenvalue weighted by molar-refractivity contribution is 5.70. The van der Waals surface area contributed by atoms with E-state index in [1.165, 1.54) is 0 Å². The van der Waals surface area contributed by atoms with Gasteiger partial charge >= 0.3 is 11.9 Å². The fraction of sp³-hybridized carbons (Fsp3) is 0.913. The number of hydrogen-bond acceptors (Lipinski definition) is 4. The molecule has 0 heterocycles. The molecular weight excluding hydrogens is 340 g/mol. The molecule has 0 aromatic rings. The van der Waals surface area contributed by atoms with Gasteiger partial charge in [-0.25, -0.2) is 0 Å². The third-order valence-electron chi connectivity index (χ3n) is 4.20. The molecule has 0 bridgehead atoms. The second kappa shape index (κ2) is 10.5. The molecule has 0 spiro atoms. The van der Waals surface area contributed by atoms with E-state index in [2.05, 4.69) is 55.4 Å². The smallest absolute Gasteiger partial charge is 0.306 e. The predicted molar refractivity (Wildman–Crippen MR) is 111 cm³/mol. The van der Waals surface area contributed by atoms with Gasteiger partial charge in [-0.05, 0) is 35.5 Å². The van der Waals surface area contributed by atoms with Crippen LogP contribution >= 0.6 is 0 Å². The Labute approximate surface area is 167 Å². The number of carbonyl (C=O) groups is 2. The van der Waals surface area contributed by atoms with Crippen molar-refractivity contribution in [2.45, 2.75) is 94.9 Å². The predicted octanol–water partition coefficient (Wildman–Crippen LogP) is 6.02. The van der Waals surface area contributed by atoms with Gasteiger partial charge in [-0.15, -0.1) is 0 Å². The molecule has 0 saturated heterocycles. The summed E-state index contributed by atoms with van der Waals surface area (Å²) in [6.45, 7) is 21.6. The van der Waals surface area contributed by atoms with Gasteiger partial charge in [0.1, 0.15) is 0 Å². The molecule has 0 rings (SSSR count). The van der Waals surface area contributed by atoms with E-state index in [0.717, 1.165) is 12.8 Å². The summed E-state index contributed by atoms with van der Waals surface area (Å²) in [7, 11) is 0. The van der Waals surface area contributed by atoms with Crippen molar-refractivity contribution in [1.29, 1.82) is 0 Å². The van der Waals surface area contributed by atoms with Gasteiger partial charge < -0.3 is 9.47 Å². The van der Waals surface area contributed by atoms with Crippen molar-refractivity contribution in [3.63, 3.8) is 0 Å². The minimum absolute atomic E-state index is 0.176. The SMILES string of the molecule is CC(CC(=O)OCC(C)(C)COC(=O)CC(C)CC(C)(C)C)CC(C)(C)C. The Kier molecular flexibility index (Phi) is 10.1. The van der Waals surface area contributed by atoms with E-state index in [-0.39, 0.29) is 41.4 Å². The van der Waals surface area contributed by atoms with Crippen LogP contribution in [0.3, 0.4) is 0 Å². The van der Waals surface area contributed by atoms with Crippen LogP contribution in [0.25, 0.3) is 0 Å². The maximum atomic E-state index is 12.1. The molecule has 0 radical (unpaired) electrons. The number of esters is 2. The summed E-state index contributed by atoms with van der Waals surface area (Å²) in [5, 5.41) is 0. The van der Waals surface area contributed by atoms with Gasteiger partial charge in [-0.1, -0.05) is 69.2 Å². The molecular formula is C23H44O4. The molecule has 2 atom stereocenters. The average molecular weight is 385 g/mol. The molecule has 0 N–H and O–H groups in total. The van der Waals surface area contributed by atoms with Crippen LogP contribution in [0.5, 0.6) is 0 Å². The van der Waals surface area contributed by atoms with Gasteiger partial charge in [0.25, 0.3) is 0 Å². The summed E-state index contributed by atoms with van der Waals surface area (Å²) >= 11 is 0. The Morgan fingerprint density at radius 3 is 1.22 bits per heavy atom. The fourth-order valence-electron chi connectivity index (χ4n) is 3.52. The van der Waals surface area contributed by atoms with E-state index >= 15 is 0 Å². The second-order valence-corrected chi connectivity index (χ2v) is 11.6. The van der Waals surface area contributed by atoms with Crippen LogP contribution < -0.4 is 0 Å². The Morgan fingerprint density at radius 1 is 0.667 bits per heavy atom. The number of hydrogen-bond donors (Lipinski definition) is 0. The monoisotopic (exact) mass is 384 g/mol. The first-order valence-corrected chi connectivity index (χ1v) is 10.3. The summed E-state index contributed by atoms with van der Waals surface area (Å²) in [6.07, 6.45) is 2.82. The summed E-state index contributed by atoms with van der Waals surface area (Å²) < 4.78 is 10.9. The highest BCUT2D eigenvalue weighted by atomic mass is 16.5. The quantitative estimate of drug-likeness (QED) is 0.432. The maximum absolute atomic E-state index is 12.1. The Bertz CT molecular complexity index is 424. The largest absolute Gasteiger partial charge is 0.465 e. The van der Waals surface area contributed by atoms with Crippen molar-refractivity contribution in [2.24, 2.45) is 28.1 Å². The van der Waals surface area contributed by atoms with Gasteiger partial charge in [0.15, 0.2) is 0 Å². The zero-order valence-corrected chi connectivity index (χ0v) is 19.5. The van der Waals surface area contributed by atoms with Crippen molar-refractivity contribution in [3.8, 4) is 0 Å².